The Hall–Kier alpha value is -0.930. The number of halogens is 1. The summed E-state index contributed by atoms with van der Waals surface area (Å²) in [6.45, 7) is 1.63. The predicted octanol–water partition coefficient (Wildman–Crippen LogP) is 2.64. The molecule has 2 N–H and O–H groups in total. The minimum absolute atomic E-state index is 0.190. The molecular formula is C13H18FNO. The molecule has 1 atom stereocenters. The summed E-state index contributed by atoms with van der Waals surface area (Å²) in [6, 6.07) is 6.59. The minimum Gasteiger partial charge on any atom is -0.381 e. The van der Waals surface area contributed by atoms with Crippen LogP contribution in [-0.4, -0.2) is 13.2 Å². The average molecular weight is 223 g/mol. The van der Waals surface area contributed by atoms with Crippen molar-refractivity contribution in [3.63, 3.8) is 0 Å². The van der Waals surface area contributed by atoms with Crippen LogP contribution in [0.25, 0.3) is 0 Å². The van der Waals surface area contributed by atoms with Crippen molar-refractivity contribution in [1.82, 2.24) is 0 Å². The number of ether oxygens (including phenoxy) is 1. The van der Waals surface area contributed by atoms with Gasteiger partial charge in [-0.15, -0.1) is 0 Å². The van der Waals surface area contributed by atoms with E-state index in [0.29, 0.717) is 11.5 Å². The zero-order valence-electron chi connectivity index (χ0n) is 9.36. The third kappa shape index (κ3) is 2.80. The van der Waals surface area contributed by atoms with Crippen LogP contribution in [-0.2, 0) is 4.74 Å². The Bertz CT molecular complexity index is 336. The summed E-state index contributed by atoms with van der Waals surface area (Å²) in [5, 5.41) is 0. The van der Waals surface area contributed by atoms with Gasteiger partial charge in [0, 0.05) is 24.8 Å². The fourth-order valence-electron chi connectivity index (χ4n) is 2.24. The van der Waals surface area contributed by atoms with Crippen LogP contribution in [0.4, 0.5) is 4.39 Å². The van der Waals surface area contributed by atoms with Gasteiger partial charge in [-0.1, -0.05) is 18.2 Å². The summed E-state index contributed by atoms with van der Waals surface area (Å²) in [7, 11) is 0. The van der Waals surface area contributed by atoms with Crippen molar-refractivity contribution in [2.75, 3.05) is 13.2 Å². The summed E-state index contributed by atoms with van der Waals surface area (Å²) in [6.07, 6.45) is 2.94. The van der Waals surface area contributed by atoms with E-state index in [9.17, 15) is 4.39 Å². The number of rotatable bonds is 3. The molecule has 0 bridgehead atoms. The van der Waals surface area contributed by atoms with Crippen molar-refractivity contribution >= 4 is 0 Å². The number of nitrogens with two attached hydrogens (primary N) is 1. The van der Waals surface area contributed by atoms with E-state index in [1.165, 1.54) is 6.07 Å². The maximum atomic E-state index is 13.5. The molecule has 1 fully saturated rings. The first kappa shape index (κ1) is 11.6. The van der Waals surface area contributed by atoms with Gasteiger partial charge in [-0.25, -0.2) is 4.39 Å². The zero-order chi connectivity index (χ0) is 11.4. The van der Waals surface area contributed by atoms with Gasteiger partial charge in [0.1, 0.15) is 5.82 Å². The first-order chi connectivity index (χ1) is 7.77. The van der Waals surface area contributed by atoms with Crippen LogP contribution in [0.3, 0.4) is 0 Å². The van der Waals surface area contributed by atoms with Crippen molar-refractivity contribution in [3.05, 3.63) is 35.6 Å². The fraction of sp³-hybridized carbons (Fsp3) is 0.538. The Kier molecular flexibility index (Phi) is 3.91. The topological polar surface area (TPSA) is 35.2 Å². The number of benzene rings is 1. The van der Waals surface area contributed by atoms with Crippen LogP contribution in [0.15, 0.2) is 24.3 Å². The first-order valence-electron chi connectivity index (χ1n) is 5.85. The standard InChI is InChI=1S/C13H18FNO/c14-12-4-2-1-3-11(12)13(15)9-10-5-7-16-8-6-10/h1-4,10,13H,5-9,15H2. The van der Waals surface area contributed by atoms with Gasteiger partial charge >= 0.3 is 0 Å². The van der Waals surface area contributed by atoms with Gasteiger partial charge in [0.25, 0.3) is 0 Å². The Labute approximate surface area is 95.6 Å². The quantitative estimate of drug-likeness (QED) is 0.855. The molecule has 0 radical (unpaired) electrons. The Balaban J connectivity index is 1.96. The van der Waals surface area contributed by atoms with Gasteiger partial charge in [-0.3, -0.25) is 0 Å². The molecule has 1 aliphatic heterocycles. The third-order valence-electron chi connectivity index (χ3n) is 3.23. The van der Waals surface area contributed by atoms with E-state index in [0.717, 1.165) is 32.5 Å². The average Bonchev–Trinajstić information content (AvgIpc) is 2.31. The monoisotopic (exact) mass is 223 g/mol. The van der Waals surface area contributed by atoms with Crippen LogP contribution in [0.2, 0.25) is 0 Å². The highest BCUT2D eigenvalue weighted by molar-refractivity contribution is 5.20. The lowest BCUT2D eigenvalue weighted by atomic mass is 9.90. The van der Waals surface area contributed by atoms with E-state index < -0.39 is 0 Å². The first-order valence-corrected chi connectivity index (χ1v) is 5.85. The third-order valence-corrected chi connectivity index (χ3v) is 3.23. The van der Waals surface area contributed by atoms with Crippen molar-refractivity contribution in [1.29, 1.82) is 0 Å². The molecule has 0 amide bonds. The second kappa shape index (κ2) is 5.41. The molecule has 1 saturated heterocycles. The minimum atomic E-state index is -0.193. The van der Waals surface area contributed by atoms with E-state index in [1.54, 1.807) is 12.1 Å². The number of hydrogen-bond acceptors (Lipinski definition) is 2. The van der Waals surface area contributed by atoms with Crippen molar-refractivity contribution in [2.24, 2.45) is 11.7 Å². The van der Waals surface area contributed by atoms with Gasteiger partial charge in [0.05, 0.1) is 0 Å². The Morgan fingerprint density at radius 1 is 1.31 bits per heavy atom. The molecule has 1 unspecified atom stereocenters. The molecule has 0 aliphatic carbocycles. The van der Waals surface area contributed by atoms with E-state index >= 15 is 0 Å². The predicted molar refractivity (Wildman–Crippen MR) is 61.5 cm³/mol. The largest absolute Gasteiger partial charge is 0.381 e. The van der Waals surface area contributed by atoms with Gasteiger partial charge in [-0.05, 0) is 31.2 Å². The van der Waals surface area contributed by atoms with E-state index in [1.807, 2.05) is 6.07 Å². The summed E-state index contributed by atoms with van der Waals surface area (Å²) in [5.41, 5.74) is 6.68. The Morgan fingerprint density at radius 2 is 2.00 bits per heavy atom. The highest BCUT2D eigenvalue weighted by Gasteiger charge is 2.19. The molecular weight excluding hydrogens is 205 g/mol. The van der Waals surface area contributed by atoms with Crippen LogP contribution >= 0.6 is 0 Å². The highest BCUT2D eigenvalue weighted by atomic mass is 19.1. The SMILES string of the molecule is NC(CC1CCOCC1)c1ccccc1F. The smallest absolute Gasteiger partial charge is 0.127 e. The molecule has 1 aromatic carbocycles. The second-order valence-electron chi connectivity index (χ2n) is 4.42. The highest BCUT2D eigenvalue weighted by Crippen LogP contribution is 2.27. The van der Waals surface area contributed by atoms with Gasteiger partial charge in [-0.2, -0.15) is 0 Å². The lowest BCUT2D eigenvalue weighted by Crippen LogP contribution is -2.22. The van der Waals surface area contributed by atoms with E-state index in [4.69, 9.17) is 10.5 Å². The summed E-state index contributed by atoms with van der Waals surface area (Å²) >= 11 is 0. The molecule has 16 heavy (non-hydrogen) atoms. The molecule has 3 heteroatoms. The molecule has 1 aromatic rings. The van der Waals surface area contributed by atoms with E-state index in [2.05, 4.69) is 0 Å². The Morgan fingerprint density at radius 3 is 2.69 bits per heavy atom. The summed E-state index contributed by atoms with van der Waals surface area (Å²) in [4.78, 5) is 0. The molecule has 88 valence electrons. The molecule has 0 spiro atoms. The molecule has 2 nitrogen and oxygen atoms in total. The molecule has 2 rings (SSSR count). The molecule has 0 aromatic heterocycles. The van der Waals surface area contributed by atoms with E-state index in [-0.39, 0.29) is 11.9 Å². The lowest BCUT2D eigenvalue weighted by molar-refractivity contribution is 0.0617. The van der Waals surface area contributed by atoms with Crippen molar-refractivity contribution < 1.29 is 9.13 Å². The fourth-order valence-corrected chi connectivity index (χ4v) is 2.24. The summed E-state index contributed by atoms with van der Waals surface area (Å²) in [5.74, 6) is 0.380. The van der Waals surface area contributed by atoms with Gasteiger partial charge < -0.3 is 10.5 Å². The van der Waals surface area contributed by atoms with Crippen molar-refractivity contribution in [2.45, 2.75) is 25.3 Å². The number of hydrogen-bond donors (Lipinski definition) is 1. The van der Waals surface area contributed by atoms with Gasteiger partial charge in [0.2, 0.25) is 0 Å². The molecule has 0 saturated carbocycles. The zero-order valence-corrected chi connectivity index (χ0v) is 9.36. The molecule has 1 aliphatic rings. The van der Waals surface area contributed by atoms with Crippen LogP contribution in [0, 0.1) is 11.7 Å². The van der Waals surface area contributed by atoms with Crippen LogP contribution in [0.5, 0.6) is 0 Å². The lowest BCUT2D eigenvalue weighted by Gasteiger charge is -2.25. The summed E-state index contributed by atoms with van der Waals surface area (Å²) < 4.78 is 18.8. The van der Waals surface area contributed by atoms with Crippen LogP contribution in [0.1, 0.15) is 30.9 Å². The maximum absolute atomic E-state index is 13.5. The van der Waals surface area contributed by atoms with Crippen molar-refractivity contribution in [3.8, 4) is 0 Å². The maximum Gasteiger partial charge on any atom is 0.127 e. The van der Waals surface area contributed by atoms with Gasteiger partial charge in [0.15, 0.2) is 0 Å². The molecule has 1 heterocycles. The van der Waals surface area contributed by atoms with Crippen LogP contribution < -0.4 is 5.73 Å². The normalized spacial score (nSPS) is 19.6. The second-order valence-corrected chi connectivity index (χ2v) is 4.42.